The van der Waals surface area contributed by atoms with Crippen LogP contribution < -0.4 is 47.9 Å². The largest absolute Gasteiger partial charge is 0.507 e. The Hall–Kier alpha value is -10.2. The summed E-state index contributed by atoms with van der Waals surface area (Å²) >= 11 is 0. The number of hydroxylamine groups is 2. The van der Waals surface area contributed by atoms with Crippen molar-refractivity contribution in [3.8, 4) is 23.8 Å². The Bertz CT molecular complexity index is 3470. The Morgan fingerprint density at radius 2 is 1.00 bits per heavy atom. The van der Waals surface area contributed by atoms with Crippen molar-refractivity contribution < 1.29 is 82.8 Å². The van der Waals surface area contributed by atoms with Crippen molar-refractivity contribution in [2.45, 2.75) is 77.2 Å². The minimum absolute atomic E-state index is 0.00188. The van der Waals surface area contributed by atoms with Crippen LogP contribution in [0.25, 0.3) is 0 Å². The van der Waals surface area contributed by atoms with Crippen LogP contribution in [-0.2, 0) is 43.2 Å². The van der Waals surface area contributed by atoms with E-state index in [2.05, 4.69) is 53.8 Å². The Balaban J connectivity index is 1.25. The van der Waals surface area contributed by atoms with E-state index in [0.717, 1.165) is 6.08 Å². The van der Waals surface area contributed by atoms with Gasteiger partial charge in [0, 0.05) is 169 Å². The highest BCUT2D eigenvalue weighted by Crippen LogP contribution is 2.26. The maximum atomic E-state index is 14.6. The predicted molar refractivity (Wildman–Crippen MR) is 349 cm³/mol. The number of aromatic hydroxyl groups is 2. The average Bonchev–Trinajstić information content (AvgIpc) is 1.66. The van der Waals surface area contributed by atoms with E-state index < -0.39 is 106 Å². The second kappa shape index (κ2) is 37.2. The molecule has 10 bridgehead atoms. The summed E-state index contributed by atoms with van der Waals surface area (Å²) in [6.45, 7) is 2.62. The Morgan fingerprint density at radius 3 is 1.52 bits per heavy atom. The van der Waals surface area contributed by atoms with Crippen molar-refractivity contribution in [1.82, 2.24) is 72.5 Å². The van der Waals surface area contributed by atoms with E-state index in [-0.39, 0.29) is 221 Å². The molecule has 0 spiro atoms. The Labute approximate surface area is 560 Å². The lowest BCUT2D eigenvalue weighted by molar-refractivity contribution is -0.197. The lowest BCUT2D eigenvalue weighted by atomic mass is 9.96. The smallest absolute Gasteiger partial charge is 0.333 e. The summed E-state index contributed by atoms with van der Waals surface area (Å²) in [6, 6.07) is 7.54. The van der Waals surface area contributed by atoms with E-state index in [4.69, 9.17) is 11.3 Å². The number of phenolic OH excluding ortho intramolecular Hbond substituents is 2. The molecule has 5 atom stereocenters. The number of benzene rings is 2. The number of amides is 11. The molecule has 1 aliphatic carbocycles. The molecule has 11 amide bonds. The lowest BCUT2D eigenvalue weighted by Gasteiger charge is -2.31. The first-order valence-corrected chi connectivity index (χ1v) is 32.5. The van der Waals surface area contributed by atoms with Gasteiger partial charge in [-0.1, -0.05) is 24.1 Å². The van der Waals surface area contributed by atoms with Gasteiger partial charge in [0.2, 0.25) is 5.91 Å². The molecule has 13 N–H and O–H groups in total. The number of nitrogens with zero attached hydrogens (tertiary/aromatic N) is 5. The van der Waals surface area contributed by atoms with Crippen LogP contribution in [-0.4, -0.2) is 253 Å². The molecule has 0 radical (unpaired) electrons. The van der Waals surface area contributed by atoms with Crippen molar-refractivity contribution >= 4 is 70.9 Å². The van der Waals surface area contributed by atoms with Crippen molar-refractivity contribution in [2.75, 3.05) is 131 Å². The van der Waals surface area contributed by atoms with Gasteiger partial charge in [0.1, 0.15) is 23.0 Å². The molecule has 5 aliphatic heterocycles. The van der Waals surface area contributed by atoms with E-state index in [1.54, 1.807) is 0 Å². The fourth-order valence-electron chi connectivity index (χ4n) is 11.3. The second-order valence-electron chi connectivity index (χ2n) is 23.6. The standard InChI is InChI=1S/C66H86N14O17/c1-3-10-44-55(85)42(2)59(89)68-23-30-76-31-24-73-65(95)49-16-8-17-50(58(49)88)66(96)75-43(11-4-5-22-67-51(81)18-9-19-54(84)97-80-52(82)20-21-53(80)83)41-79(36-29-74-60(44)90)40-39-78-34-27-71-63(93)47-14-6-12-45(56(47)86)61(91)69-25-32-77(38-37-76)33-26-70-62(92)46-13-7-15-48(57(46)87)64(94)72-28-35-78/h1,6,8,10,12,14-17,43,85-88H,4-5,7,9,11,13,18-41H2,2H3,(H,67,81)(H,68,89)(H,69,91)(H,70,92)(H,71,93)(H,72,94)(H,73,95)(H,74,90)(H,75,96)/b44-10+,55-42-. The van der Waals surface area contributed by atoms with Gasteiger partial charge in [-0.2, -0.15) is 0 Å². The molecule has 522 valence electrons. The monoisotopic (exact) mass is 1350 g/mol. The second-order valence-corrected chi connectivity index (χ2v) is 23.6. The molecule has 5 heterocycles. The first-order chi connectivity index (χ1) is 46.6. The summed E-state index contributed by atoms with van der Waals surface area (Å²) in [6.07, 6.45) is 9.15. The zero-order valence-corrected chi connectivity index (χ0v) is 54.3. The molecule has 0 saturated carbocycles. The molecule has 6 aliphatic rings. The third-order valence-corrected chi connectivity index (χ3v) is 16.8. The van der Waals surface area contributed by atoms with Crippen LogP contribution in [0.5, 0.6) is 11.5 Å². The van der Waals surface area contributed by atoms with Crippen LogP contribution in [0.15, 0.2) is 82.4 Å². The number of carbonyl (C=O) groups is 12. The molecule has 1 saturated heterocycles. The number of hydrogen-bond acceptors (Lipinski definition) is 21. The number of nitrogens with one attached hydrogen (secondary N) is 9. The van der Waals surface area contributed by atoms with Crippen LogP contribution in [0.4, 0.5) is 0 Å². The zero-order valence-electron chi connectivity index (χ0n) is 54.3. The van der Waals surface area contributed by atoms with Crippen LogP contribution in [0.1, 0.15) is 113 Å². The third-order valence-electron chi connectivity index (χ3n) is 16.8. The summed E-state index contributed by atoms with van der Waals surface area (Å²) in [5.41, 5.74) is -1.56. The average molecular weight is 1350 g/mol. The van der Waals surface area contributed by atoms with Crippen LogP contribution in [0.2, 0.25) is 0 Å². The molecule has 31 nitrogen and oxygen atoms in total. The van der Waals surface area contributed by atoms with Gasteiger partial charge < -0.3 is 73.1 Å². The highest BCUT2D eigenvalue weighted by Gasteiger charge is 2.33. The number of aliphatic hydroxyl groups excluding tert-OH is 2. The summed E-state index contributed by atoms with van der Waals surface area (Å²) < 4.78 is 0. The number of para-hydroxylation sites is 2. The molecule has 2 aromatic rings. The number of unbranched alkanes of at least 4 members (excludes halogenated alkanes) is 1. The number of rotatable bonds is 10. The van der Waals surface area contributed by atoms with Gasteiger partial charge in [0.05, 0.1) is 44.5 Å². The van der Waals surface area contributed by atoms with Crippen molar-refractivity contribution in [2.24, 2.45) is 0 Å². The van der Waals surface area contributed by atoms with E-state index in [1.165, 1.54) is 49.4 Å². The number of hydrogen-bond donors (Lipinski definition) is 13. The molecule has 5 unspecified atom stereocenters. The lowest BCUT2D eigenvalue weighted by Crippen LogP contribution is -2.49. The summed E-state index contributed by atoms with van der Waals surface area (Å²) in [7, 11) is 0. The van der Waals surface area contributed by atoms with Crippen LogP contribution >= 0.6 is 0 Å². The zero-order chi connectivity index (χ0) is 70.0. The van der Waals surface area contributed by atoms with Crippen molar-refractivity contribution in [3.05, 3.63) is 105 Å². The Kier molecular flexibility index (Phi) is 28.5. The molecule has 1 fully saturated rings. The van der Waals surface area contributed by atoms with E-state index >= 15 is 0 Å². The van der Waals surface area contributed by atoms with Gasteiger partial charge in [-0.15, -0.1) is 11.5 Å². The van der Waals surface area contributed by atoms with E-state index in [0.29, 0.717) is 17.9 Å². The predicted octanol–water partition coefficient (Wildman–Crippen LogP) is -1.21. The quantitative estimate of drug-likeness (QED) is 0.0574. The maximum absolute atomic E-state index is 14.6. The highest BCUT2D eigenvalue weighted by atomic mass is 16.7. The van der Waals surface area contributed by atoms with Gasteiger partial charge in [0.15, 0.2) is 0 Å². The molecular formula is C66H86N14O17. The van der Waals surface area contributed by atoms with E-state index in [1.807, 2.05) is 19.6 Å². The van der Waals surface area contributed by atoms with Gasteiger partial charge in [-0.05, 0) is 69.7 Å². The summed E-state index contributed by atoms with van der Waals surface area (Å²) in [4.78, 5) is 173. The number of fused-ring (bicyclic) bond motifs is 16. The van der Waals surface area contributed by atoms with Gasteiger partial charge in [-0.3, -0.25) is 72.3 Å². The minimum atomic E-state index is -0.851. The SMILES string of the molecule is C#C/C=C1C(=O)NCCN2CCN3CCNC(=O)C4=CCCC(=C4O)C(=O)NCCN(CCNC(=O)c4cccc(c4O)C(=O)NCC3)CCN(CCNC(=O)/C(C)=C/1O)CCNC(=O)c1cccc(c1O)C(=O)NC(CCCCNC(=O)CCCC(=O)ON1C(=O)CCC1=O)C2. The number of imide groups is 1. The topological polar surface area (TPSA) is 419 Å². The number of aliphatic hydroxyl groups is 2. The number of carbonyl (C=O) groups excluding carboxylic acids is 12. The first kappa shape index (κ1) is 74.2. The number of terminal acetylenes is 1. The normalized spacial score (nSPS) is 23.8. The summed E-state index contributed by atoms with van der Waals surface area (Å²) in [5.74, 6) is -8.34. The fraction of sp³-hybridized carbons (Fsp3) is 0.485. The molecular weight excluding hydrogens is 1260 g/mol. The van der Waals surface area contributed by atoms with E-state index in [9.17, 15) is 78.0 Å². The van der Waals surface area contributed by atoms with Crippen molar-refractivity contribution in [3.63, 3.8) is 0 Å². The molecule has 8 rings (SSSR count). The van der Waals surface area contributed by atoms with Gasteiger partial charge in [-0.25, -0.2) is 4.79 Å². The first-order valence-electron chi connectivity index (χ1n) is 32.5. The molecule has 0 aromatic heterocycles. The van der Waals surface area contributed by atoms with Crippen LogP contribution in [0, 0.1) is 12.3 Å². The van der Waals surface area contributed by atoms with Gasteiger partial charge in [0.25, 0.3) is 59.1 Å². The number of phenols is 2. The maximum Gasteiger partial charge on any atom is 0.333 e. The minimum Gasteiger partial charge on any atom is -0.507 e. The fourth-order valence-corrected chi connectivity index (χ4v) is 11.3. The number of allylic oxidation sites excluding steroid dienone is 2. The molecule has 97 heavy (non-hydrogen) atoms. The highest BCUT2D eigenvalue weighted by molar-refractivity contribution is 6.06. The Morgan fingerprint density at radius 1 is 0.546 bits per heavy atom. The molecule has 2 aromatic carbocycles. The van der Waals surface area contributed by atoms with Crippen LogP contribution in [0.3, 0.4) is 0 Å². The third kappa shape index (κ3) is 21.9. The van der Waals surface area contributed by atoms with Gasteiger partial charge >= 0.3 is 5.97 Å². The molecule has 31 heteroatoms. The summed E-state index contributed by atoms with van der Waals surface area (Å²) in [5, 5.41) is 72.1. The van der Waals surface area contributed by atoms with Crippen molar-refractivity contribution in [1.29, 1.82) is 0 Å².